The largest absolute Gasteiger partial charge is 0.444 e. The number of halogens is 2. The molecule has 1 saturated heterocycles. The molecule has 2 aromatic carbocycles. The predicted molar refractivity (Wildman–Crippen MR) is 147 cm³/mol. The van der Waals surface area contributed by atoms with E-state index in [1.54, 1.807) is 4.90 Å². The number of carbonyl (C=O) groups excluding carboxylic acids is 2. The van der Waals surface area contributed by atoms with E-state index < -0.39 is 5.60 Å². The van der Waals surface area contributed by atoms with Crippen molar-refractivity contribution in [1.82, 2.24) is 10.2 Å². The molecule has 0 aliphatic carbocycles. The van der Waals surface area contributed by atoms with Gasteiger partial charge in [-0.25, -0.2) is 4.79 Å². The van der Waals surface area contributed by atoms with E-state index in [-0.39, 0.29) is 24.0 Å². The highest BCUT2D eigenvalue weighted by atomic mass is 35.5. The van der Waals surface area contributed by atoms with Gasteiger partial charge in [-0.15, -0.1) is 0 Å². The van der Waals surface area contributed by atoms with Crippen molar-refractivity contribution < 1.29 is 14.3 Å². The van der Waals surface area contributed by atoms with Gasteiger partial charge in [-0.2, -0.15) is 0 Å². The molecule has 2 atom stereocenters. The third kappa shape index (κ3) is 9.01. The molecule has 0 radical (unpaired) electrons. The zero-order chi connectivity index (χ0) is 26.3. The Bertz CT molecular complexity index is 995. The van der Waals surface area contributed by atoms with Crippen molar-refractivity contribution in [2.24, 2.45) is 5.92 Å². The number of rotatable bonds is 8. The number of ether oxygens (including phenoxy) is 1. The number of likely N-dealkylation sites (tertiary alicyclic amines) is 1. The van der Waals surface area contributed by atoms with Crippen LogP contribution in [-0.2, 0) is 16.0 Å². The lowest BCUT2D eigenvalue weighted by Crippen LogP contribution is -2.42. The van der Waals surface area contributed by atoms with E-state index in [4.69, 9.17) is 27.9 Å². The molecule has 1 aliphatic rings. The molecule has 2 aromatic rings. The molecular formula is C29H38Cl2N2O3. The smallest absolute Gasteiger partial charge is 0.410 e. The molecule has 2 unspecified atom stereocenters. The molecule has 0 aromatic heterocycles. The second-order valence-electron chi connectivity index (χ2n) is 10.8. The van der Waals surface area contributed by atoms with Crippen molar-refractivity contribution in [2.75, 3.05) is 13.1 Å². The van der Waals surface area contributed by atoms with Crippen LogP contribution in [0, 0.1) is 5.92 Å². The Balaban J connectivity index is 1.52. The first-order chi connectivity index (χ1) is 17.0. The average Bonchev–Trinajstić information content (AvgIpc) is 2.82. The zero-order valence-electron chi connectivity index (χ0n) is 21.7. The maximum Gasteiger partial charge on any atom is 0.410 e. The Morgan fingerprint density at radius 2 is 1.56 bits per heavy atom. The van der Waals surface area contributed by atoms with E-state index in [1.807, 2.05) is 69.3 Å². The highest BCUT2D eigenvalue weighted by Gasteiger charge is 2.27. The molecule has 36 heavy (non-hydrogen) atoms. The first-order valence-electron chi connectivity index (χ1n) is 12.8. The summed E-state index contributed by atoms with van der Waals surface area (Å²) in [4.78, 5) is 26.9. The lowest BCUT2D eigenvalue weighted by molar-refractivity contribution is -0.122. The minimum Gasteiger partial charge on any atom is -0.444 e. The summed E-state index contributed by atoms with van der Waals surface area (Å²) in [5.41, 5.74) is 1.81. The van der Waals surface area contributed by atoms with E-state index in [1.165, 1.54) is 0 Å². The van der Waals surface area contributed by atoms with Crippen molar-refractivity contribution in [3.8, 4) is 0 Å². The monoisotopic (exact) mass is 532 g/mol. The lowest BCUT2D eigenvalue weighted by Gasteiger charge is -2.33. The number of amides is 2. The van der Waals surface area contributed by atoms with Gasteiger partial charge in [0, 0.05) is 41.5 Å². The molecule has 0 spiro atoms. The van der Waals surface area contributed by atoms with E-state index in [0.29, 0.717) is 35.5 Å². The zero-order valence-corrected chi connectivity index (χ0v) is 23.2. The Hall–Kier alpha value is -2.24. The van der Waals surface area contributed by atoms with Gasteiger partial charge in [0.25, 0.3) is 0 Å². The minimum absolute atomic E-state index is 0.0524. The van der Waals surface area contributed by atoms with Crippen LogP contribution in [0.1, 0.15) is 70.4 Å². The summed E-state index contributed by atoms with van der Waals surface area (Å²) in [5.74, 6) is 0.600. The van der Waals surface area contributed by atoms with Crippen LogP contribution in [0.5, 0.6) is 0 Å². The SMILES string of the molecule is CC(NC(=O)CCC1CCN(C(=O)OC(C)(C)C)CC1)C(Cc1ccc(Cl)cc1)c1ccc(Cl)cc1. The highest BCUT2D eigenvalue weighted by Crippen LogP contribution is 2.28. The molecule has 1 fully saturated rings. The Labute approximate surface area is 225 Å². The topological polar surface area (TPSA) is 58.6 Å². The summed E-state index contributed by atoms with van der Waals surface area (Å²) in [7, 11) is 0. The number of carbonyl (C=O) groups is 2. The maximum absolute atomic E-state index is 12.9. The lowest BCUT2D eigenvalue weighted by atomic mass is 9.86. The maximum atomic E-state index is 12.9. The van der Waals surface area contributed by atoms with Crippen LogP contribution < -0.4 is 5.32 Å². The van der Waals surface area contributed by atoms with Crippen molar-refractivity contribution in [2.45, 2.75) is 77.4 Å². The van der Waals surface area contributed by atoms with Crippen LogP contribution in [0.3, 0.4) is 0 Å². The van der Waals surface area contributed by atoms with Crippen LogP contribution in [0.25, 0.3) is 0 Å². The van der Waals surface area contributed by atoms with Gasteiger partial charge in [0.15, 0.2) is 0 Å². The van der Waals surface area contributed by atoms with Gasteiger partial charge in [-0.3, -0.25) is 4.79 Å². The molecule has 196 valence electrons. The third-order valence-corrected chi connectivity index (χ3v) is 7.21. The number of nitrogens with one attached hydrogen (secondary N) is 1. The first-order valence-corrected chi connectivity index (χ1v) is 13.5. The van der Waals surface area contributed by atoms with Crippen molar-refractivity contribution >= 4 is 35.2 Å². The summed E-state index contributed by atoms with van der Waals surface area (Å²) in [6, 6.07) is 15.7. The molecule has 5 nitrogen and oxygen atoms in total. The van der Waals surface area contributed by atoms with Crippen molar-refractivity contribution in [3.05, 3.63) is 69.7 Å². The molecule has 0 saturated carbocycles. The molecule has 3 rings (SSSR count). The number of piperidine rings is 1. The third-order valence-electron chi connectivity index (χ3n) is 6.71. The molecule has 0 bridgehead atoms. The van der Waals surface area contributed by atoms with Crippen LogP contribution in [0.2, 0.25) is 10.0 Å². The van der Waals surface area contributed by atoms with Gasteiger partial charge in [0.05, 0.1) is 0 Å². The Kier molecular flexibility index (Phi) is 10.1. The predicted octanol–water partition coefficient (Wildman–Crippen LogP) is 7.25. The summed E-state index contributed by atoms with van der Waals surface area (Å²) >= 11 is 12.2. The van der Waals surface area contributed by atoms with Gasteiger partial charge >= 0.3 is 6.09 Å². The van der Waals surface area contributed by atoms with Gasteiger partial charge in [-0.05, 0) is 94.7 Å². The molecule has 7 heteroatoms. The van der Waals surface area contributed by atoms with Gasteiger partial charge in [-0.1, -0.05) is 47.5 Å². The second kappa shape index (κ2) is 12.8. The quantitative estimate of drug-likeness (QED) is 0.389. The minimum atomic E-state index is -0.486. The Morgan fingerprint density at radius 1 is 1.00 bits per heavy atom. The van der Waals surface area contributed by atoms with E-state index in [2.05, 4.69) is 12.2 Å². The second-order valence-corrected chi connectivity index (χ2v) is 11.7. The molecule has 1 heterocycles. The van der Waals surface area contributed by atoms with E-state index >= 15 is 0 Å². The molecular weight excluding hydrogens is 495 g/mol. The summed E-state index contributed by atoms with van der Waals surface area (Å²) in [6.45, 7) is 9.06. The molecule has 1 aliphatic heterocycles. The van der Waals surface area contributed by atoms with Crippen LogP contribution >= 0.6 is 23.2 Å². The van der Waals surface area contributed by atoms with Crippen molar-refractivity contribution in [1.29, 1.82) is 0 Å². The van der Waals surface area contributed by atoms with E-state index in [0.717, 1.165) is 36.8 Å². The number of hydrogen-bond donors (Lipinski definition) is 1. The average molecular weight is 534 g/mol. The van der Waals surface area contributed by atoms with Gasteiger partial charge in [0.2, 0.25) is 5.91 Å². The normalized spacial score (nSPS) is 16.3. The molecule has 2 amide bonds. The van der Waals surface area contributed by atoms with Gasteiger partial charge in [0.1, 0.15) is 5.60 Å². The number of nitrogens with zero attached hydrogens (tertiary/aromatic N) is 1. The fraction of sp³-hybridized carbons (Fsp3) is 0.517. The van der Waals surface area contributed by atoms with E-state index in [9.17, 15) is 9.59 Å². The number of hydrogen-bond acceptors (Lipinski definition) is 3. The fourth-order valence-electron chi connectivity index (χ4n) is 4.66. The van der Waals surface area contributed by atoms with Gasteiger partial charge < -0.3 is 15.0 Å². The fourth-order valence-corrected chi connectivity index (χ4v) is 4.91. The summed E-state index contributed by atoms with van der Waals surface area (Å²) in [6.07, 6.45) is 3.63. The Morgan fingerprint density at radius 3 is 2.11 bits per heavy atom. The van der Waals surface area contributed by atoms with Crippen LogP contribution in [-0.4, -0.2) is 41.6 Å². The first kappa shape index (κ1) is 28.3. The molecule has 1 N–H and O–H groups in total. The standard InChI is InChI=1S/C29H38Cl2N2O3/c1-20(26(23-8-12-25(31)13-9-23)19-22-5-10-24(30)11-6-22)32-27(34)14-7-21-15-17-33(18-16-21)28(35)36-29(2,3)4/h5-6,8-13,20-21,26H,7,14-19H2,1-4H3,(H,32,34). The van der Waals surface area contributed by atoms with Crippen molar-refractivity contribution in [3.63, 3.8) is 0 Å². The van der Waals surface area contributed by atoms with Crippen LogP contribution in [0.15, 0.2) is 48.5 Å². The highest BCUT2D eigenvalue weighted by molar-refractivity contribution is 6.30. The van der Waals surface area contributed by atoms with Crippen LogP contribution in [0.4, 0.5) is 4.79 Å². The number of benzene rings is 2. The summed E-state index contributed by atoms with van der Waals surface area (Å²) < 4.78 is 5.48. The summed E-state index contributed by atoms with van der Waals surface area (Å²) in [5, 5.41) is 4.64.